The Hall–Kier alpha value is -2.69. The minimum Gasteiger partial charge on any atom is -0.356 e. The molecule has 0 saturated heterocycles. The van der Waals surface area contributed by atoms with Gasteiger partial charge in [0.2, 0.25) is 11.8 Å². The van der Waals surface area contributed by atoms with E-state index in [0.29, 0.717) is 31.5 Å². The molecule has 26 heavy (non-hydrogen) atoms. The van der Waals surface area contributed by atoms with Crippen molar-refractivity contribution < 1.29 is 14.0 Å². The quantitative estimate of drug-likeness (QED) is 0.803. The van der Waals surface area contributed by atoms with E-state index in [1.165, 1.54) is 6.07 Å². The second-order valence-corrected chi connectivity index (χ2v) is 6.79. The predicted molar refractivity (Wildman–Crippen MR) is 97.7 cm³/mol. The smallest absolute Gasteiger partial charge is 0.224 e. The topological polar surface area (TPSA) is 58.2 Å². The number of carbonyl (C=O) groups excluding carboxylic acids is 2. The van der Waals surface area contributed by atoms with Crippen LogP contribution in [0.25, 0.3) is 0 Å². The summed E-state index contributed by atoms with van der Waals surface area (Å²) in [6.45, 7) is 2.85. The van der Waals surface area contributed by atoms with Crippen molar-refractivity contribution >= 4 is 11.8 Å². The molecule has 2 aromatic rings. The van der Waals surface area contributed by atoms with Crippen molar-refractivity contribution in [1.29, 1.82) is 0 Å². The third kappa shape index (κ3) is 4.69. The Morgan fingerprint density at radius 3 is 2.50 bits per heavy atom. The maximum atomic E-state index is 13.5. The summed E-state index contributed by atoms with van der Waals surface area (Å²) in [5.74, 6) is -0.999. The fourth-order valence-electron chi connectivity index (χ4n) is 3.07. The van der Waals surface area contributed by atoms with E-state index in [4.69, 9.17) is 0 Å². The average molecular weight is 354 g/mol. The van der Waals surface area contributed by atoms with Gasteiger partial charge in [0.05, 0.1) is 11.8 Å². The van der Waals surface area contributed by atoms with Crippen LogP contribution in [-0.2, 0) is 22.6 Å². The molecule has 136 valence electrons. The molecular formula is C21H23FN2O2. The van der Waals surface area contributed by atoms with Crippen molar-refractivity contribution in [1.82, 2.24) is 10.6 Å². The van der Waals surface area contributed by atoms with E-state index in [1.807, 2.05) is 31.2 Å². The minimum absolute atomic E-state index is 0.0826. The Kier molecular flexibility index (Phi) is 5.66. The number of aryl methyl sites for hydroxylation is 1. The summed E-state index contributed by atoms with van der Waals surface area (Å²) in [6.07, 6.45) is 1.01. The first-order valence-corrected chi connectivity index (χ1v) is 8.89. The van der Waals surface area contributed by atoms with E-state index in [2.05, 4.69) is 10.6 Å². The lowest BCUT2D eigenvalue weighted by atomic mass is 10.1. The van der Waals surface area contributed by atoms with E-state index in [1.54, 1.807) is 18.2 Å². The molecule has 1 fully saturated rings. The van der Waals surface area contributed by atoms with Crippen molar-refractivity contribution in [3.05, 3.63) is 71.0 Å². The van der Waals surface area contributed by atoms with Crippen LogP contribution in [0.15, 0.2) is 48.5 Å². The normalized spacial score (nSPS) is 18.2. The van der Waals surface area contributed by atoms with Gasteiger partial charge in [-0.2, -0.15) is 0 Å². The molecule has 0 aromatic heterocycles. The molecule has 1 aliphatic rings. The summed E-state index contributed by atoms with van der Waals surface area (Å²) >= 11 is 0. The number of rotatable bonds is 7. The highest BCUT2D eigenvalue weighted by Gasteiger charge is 2.47. The summed E-state index contributed by atoms with van der Waals surface area (Å²) < 4.78 is 13.5. The summed E-state index contributed by atoms with van der Waals surface area (Å²) in [6, 6.07) is 14.5. The van der Waals surface area contributed by atoms with E-state index in [9.17, 15) is 14.0 Å². The third-order valence-corrected chi connectivity index (χ3v) is 4.66. The number of hydrogen-bond donors (Lipinski definition) is 2. The van der Waals surface area contributed by atoms with Gasteiger partial charge in [-0.05, 0) is 37.0 Å². The molecule has 4 nitrogen and oxygen atoms in total. The molecule has 5 heteroatoms. The molecular weight excluding hydrogens is 331 g/mol. The maximum absolute atomic E-state index is 13.5. The van der Waals surface area contributed by atoms with Crippen LogP contribution in [0.1, 0.15) is 23.1 Å². The molecule has 2 unspecified atom stereocenters. The lowest BCUT2D eigenvalue weighted by molar-refractivity contribution is -0.127. The van der Waals surface area contributed by atoms with Crippen LogP contribution in [0.3, 0.4) is 0 Å². The molecule has 2 atom stereocenters. The van der Waals surface area contributed by atoms with E-state index in [-0.39, 0.29) is 29.5 Å². The summed E-state index contributed by atoms with van der Waals surface area (Å²) in [5.41, 5.74) is 2.77. The highest BCUT2D eigenvalue weighted by molar-refractivity contribution is 5.92. The number of amides is 2. The molecule has 1 aliphatic carbocycles. The largest absolute Gasteiger partial charge is 0.356 e. The summed E-state index contributed by atoms with van der Waals surface area (Å²) in [4.78, 5) is 24.3. The number of nitrogens with one attached hydrogen (secondary N) is 2. The Labute approximate surface area is 152 Å². The third-order valence-electron chi connectivity index (χ3n) is 4.66. The average Bonchev–Trinajstić information content (AvgIpc) is 3.42. The zero-order chi connectivity index (χ0) is 18.5. The van der Waals surface area contributed by atoms with Crippen LogP contribution in [0.2, 0.25) is 0 Å². The molecule has 2 N–H and O–H groups in total. The molecule has 1 saturated carbocycles. The van der Waals surface area contributed by atoms with Gasteiger partial charge in [-0.3, -0.25) is 9.59 Å². The summed E-state index contributed by atoms with van der Waals surface area (Å²) in [5, 5.41) is 5.69. The monoisotopic (exact) mass is 354 g/mol. The zero-order valence-electron chi connectivity index (χ0n) is 14.8. The Balaban J connectivity index is 1.39. The van der Waals surface area contributed by atoms with Gasteiger partial charge in [0, 0.05) is 13.1 Å². The van der Waals surface area contributed by atoms with Crippen LogP contribution < -0.4 is 10.6 Å². The number of carbonyl (C=O) groups is 2. The van der Waals surface area contributed by atoms with Gasteiger partial charge in [-0.1, -0.05) is 48.0 Å². The van der Waals surface area contributed by atoms with Crippen LogP contribution in [0.5, 0.6) is 0 Å². The Bertz CT molecular complexity index is 806. The van der Waals surface area contributed by atoms with Gasteiger partial charge in [0.25, 0.3) is 0 Å². The molecule has 0 spiro atoms. The summed E-state index contributed by atoms with van der Waals surface area (Å²) in [7, 11) is 0. The van der Waals surface area contributed by atoms with Crippen LogP contribution in [0.4, 0.5) is 4.39 Å². The van der Waals surface area contributed by atoms with Crippen LogP contribution in [-0.4, -0.2) is 18.4 Å². The number of hydrogen-bond acceptors (Lipinski definition) is 2. The SMILES string of the molecule is Cc1cccc(CNC(=O)C2CC2C(=O)NCCc2ccccc2F)c1. The highest BCUT2D eigenvalue weighted by Crippen LogP contribution is 2.38. The molecule has 0 aliphatic heterocycles. The fourth-order valence-corrected chi connectivity index (χ4v) is 3.07. The van der Waals surface area contributed by atoms with Gasteiger partial charge >= 0.3 is 0 Å². The van der Waals surface area contributed by atoms with Crippen molar-refractivity contribution in [2.24, 2.45) is 11.8 Å². The second kappa shape index (κ2) is 8.13. The van der Waals surface area contributed by atoms with Crippen LogP contribution >= 0.6 is 0 Å². The zero-order valence-corrected chi connectivity index (χ0v) is 14.8. The van der Waals surface area contributed by atoms with Gasteiger partial charge in [0.1, 0.15) is 5.82 Å². The van der Waals surface area contributed by atoms with Crippen molar-refractivity contribution in [3.63, 3.8) is 0 Å². The lowest BCUT2D eigenvalue weighted by Gasteiger charge is -2.07. The van der Waals surface area contributed by atoms with Gasteiger partial charge < -0.3 is 10.6 Å². The molecule has 2 amide bonds. The van der Waals surface area contributed by atoms with Crippen molar-refractivity contribution in [3.8, 4) is 0 Å². The highest BCUT2D eigenvalue weighted by atomic mass is 19.1. The fraction of sp³-hybridized carbons (Fsp3) is 0.333. The van der Waals surface area contributed by atoms with Gasteiger partial charge in [-0.15, -0.1) is 0 Å². The predicted octanol–water partition coefficient (Wildman–Crippen LogP) is 2.75. The second-order valence-electron chi connectivity index (χ2n) is 6.79. The van der Waals surface area contributed by atoms with E-state index < -0.39 is 0 Å². The first-order valence-electron chi connectivity index (χ1n) is 8.89. The molecule has 0 heterocycles. The maximum Gasteiger partial charge on any atom is 0.224 e. The van der Waals surface area contributed by atoms with Crippen molar-refractivity contribution in [2.45, 2.75) is 26.3 Å². The molecule has 2 aromatic carbocycles. The van der Waals surface area contributed by atoms with Gasteiger partial charge in [-0.25, -0.2) is 4.39 Å². The lowest BCUT2D eigenvalue weighted by Crippen LogP contribution is -2.31. The van der Waals surface area contributed by atoms with E-state index >= 15 is 0 Å². The number of halogens is 1. The standard InChI is InChI=1S/C21H23FN2O2/c1-14-5-4-6-15(11-14)13-24-21(26)18-12-17(18)20(25)23-10-9-16-7-2-3-8-19(16)22/h2-8,11,17-18H,9-10,12-13H2,1H3,(H,23,25)(H,24,26). The first kappa shape index (κ1) is 18.1. The molecule has 3 rings (SSSR count). The molecule has 0 bridgehead atoms. The number of benzene rings is 2. The minimum atomic E-state index is -0.270. The Morgan fingerprint density at radius 1 is 1.04 bits per heavy atom. The first-order chi connectivity index (χ1) is 12.5. The molecule has 0 radical (unpaired) electrons. The van der Waals surface area contributed by atoms with Crippen LogP contribution in [0, 0.1) is 24.6 Å². The Morgan fingerprint density at radius 2 is 1.77 bits per heavy atom. The van der Waals surface area contributed by atoms with E-state index in [0.717, 1.165) is 11.1 Å². The van der Waals surface area contributed by atoms with Gasteiger partial charge in [0.15, 0.2) is 0 Å². The van der Waals surface area contributed by atoms with Crippen molar-refractivity contribution in [2.75, 3.05) is 6.54 Å².